The van der Waals surface area contributed by atoms with Crippen LogP contribution in [0.4, 0.5) is 5.69 Å². The van der Waals surface area contributed by atoms with Crippen LogP contribution in [-0.4, -0.2) is 41.3 Å². The second-order valence-corrected chi connectivity index (χ2v) is 8.60. The summed E-state index contributed by atoms with van der Waals surface area (Å²) < 4.78 is 30.8. The molecule has 0 bridgehead atoms. The summed E-state index contributed by atoms with van der Waals surface area (Å²) in [6.07, 6.45) is 2.08. The number of hydrogen-bond acceptors (Lipinski definition) is 4. The Hall–Kier alpha value is -2.74. The molecule has 3 N–H and O–H groups in total. The molecule has 0 aliphatic rings. The van der Waals surface area contributed by atoms with Gasteiger partial charge in [-0.1, -0.05) is 37.3 Å². The lowest BCUT2D eigenvalue weighted by atomic mass is 9.98. The van der Waals surface area contributed by atoms with Gasteiger partial charge in [0, 0.05) is 20.1 Å². The van der Waals surface area contributed by atoms with Crippen molar-refractivity contribution in [2.45, 2.75) is 25.8 Å². The Morgan fingerprint density at radius 2 is 1.79 bits per heavy atom. The molecule has 0 heterocycles. The fourth-order valence-electron chi connectivity index (χ4n) is 2.88. The summed E-state index contributed by atoms with van der Waals surface area (Å²) in [4.78, 5) is 4.24. The topological polar surface area (TPSA) is 91.8 Å². The van der Waals surface area contributed by atoms with Crippen molar-refractivity contribution in [3.05, 3.63) is 59.7 Å². The van der Waals surface area contributed by atoms with Gasteiger partial charge >= 0.3 is 0 Å². The smallest absolute Gasteiger partial charge is 0.229 e. The number of anilines is 1. The van der Waals surface area contributed by atoms with Gasteiger partial charge in [-0.25, -0.2) is 8.42 Å². The highest BCUT2D eigenvalue weighted by molar-refractivity contribution is 7.92. The number of methoxy groups -OCH3 is 1. The molecule has 2 aromatic rings. The molecule has 29 heavy (non-hydrogen) atoms. The molecule has 0 amide bonds. The zero-order valence-electron chi connectivity index (χ0n) is 17.4. The molecule has 8 heteroatoms. The molecule has 0 fully saturated rings. The minimum Gasteiger partial charge on any atom is -0.497 e. The van der Waals surface area contributed by atoms with E-state index in [2.05, 4.69) is 39.4 Å². The molecule has 0 spiro atoms. The summed E-state index contributed by atoms with van der Waals surface area (Å²) in [6, 6.07) is 15.4. The molecule has 1 atom stereocenters. The third kappa shape index (κ3) is 7.65. The van der Waals surface area contributed by atoms with Crippen molar-refractivity contribution in [3.63, 3.8) is 0 Å². The van der Waals surface area contributed by atoms with Gasteiger partial charge in [0.25, 0.3) is 0 Å². The zero-order valence-corrected chi connectivity index (χ0v) is 18.2. The summed E-state index contributed by atoms with van der Waals surface area (Å²) in [6.45, 7) is 3.40. The Morgan fingerprint density at radius 1 is 1.10 bits per heavy atom. The van der Waals surface area contributed by atoms with Gasteiger partial charge in [0.1, 0.15) is 5.75 Å². The lowest BCUT2D eigenvalue weighted by Crippen LogP contribution is -2.37. The summed E-state index contributed by atoms with van der Waals surface area (Å²) in [5.41, 5.74) is 2.66. The van der Waals surface area contributed by atoms with Gasteiger partial charge in [0.05, 0.1) is 19.1 Å². The van der Waals surface area contributed by atoms with E-state index in [1.807, 2.05) is 24.3 Å². The second kappa shape index (κ2) is 10.7. The van der Waals surface area contributed by atoms with Crippen molar-refractivity contribution in [1.82, 2.24) is 10.6 Å². The van der Waals surface area contributed by atoms with Crippen LogP contribution < -0.4 is 20.1 Å². The molecule has 2 rings (SSSR count). The fraction of sp³-hybridized carbons (Fsp3) is 0.381. The van der Waals surface area contributed by atoms with E-state index in [4.69, 9.17) is 4.74 Å². The van der Waals surface area contributed by atoms with E-state index in [1.54, 1.807) is 26.3 Å². The van der Waals surface area contributed by atoms with Crippen LogP contribution in [0.15, 0.2) is 53.5 Å². The van der Waals surface area contributed by atoms with Gasteiger partial charge in [0.15, 0.2) is 5.96 Å². The molecular formula is C21H30N4O3S. The molecule has 0 aromatic heterocycles. The minimum atomic E-state index is -3.33. The first-order valence-electron chi connectivity index (χ1n) is 9.46. The van der Waals surface area contributed by atoms with E-state index < -0.39 is 10.0 Å². The number of nitrogens with zero attached hydrogens (tertiary/aromatic N) is 1. The average Bonchev–Trinajstić information content (AvgIpc) is 2.70. The van der Waals surface area contributed by atoms with E-state index >= 15 is 0 Å². The molecule has 0 saturated heterocycles. The van der Waals surface area contributed by atoms with Gasteiger partial charge in [-0.3, -0.25) is 9.71 Å². The monoisotopic (exact) mass is 418 g/mol. The first-order chi connectivity index (χ1) is 13.8. The maximum atomic E-state index is 11.5. The van der Waals surface area contributed by atoms with Gasteiger partial charge in [-0.05, 0) is 41.7 Å². The number of nitrogens with one attached hydrogen (secondary N) is 3. The number of ether oxygens (including phenoxy) is 1. The van der Waals surface area contributed by atoms with Crippen molar-refractivity contribution in [2.24, 2.45) is 4.99 Å². The Morgan fingerprint density at radius 3 is 2.41 bits per heavy atom. The van der Waals surface area contributed by atoms with Crippen molar-refractivity contribution in [3.8, 4) is 5.75 Å². The number of aliphatic imine (C=N–C) groups is 1. The van der Waals surface area contributed by atoms with Crippen LogP contribution in [0.3, 0.4) is 0 Å². The number of guanidine groups is 1. The molecular weight excluding hydrogens is 388 g/mol. The van der Waals surface area contributed by atoms with Crippen LogP contribution in [0.1, 0.15) is 30.4 Å². The van der Waals surface area contributed by atoms with Crippen LogP contribution in [0.25, 0.3) is 0 Å². The molecule has 2 aromatic carbocycles. The predicted octanol–water partition coefficient (Wildman–Crippen LogP) is 2.93. The van der Waals surface area contributed by atoms with Crippen molar-refractivity contribution < 1.29 is 13.2 Å². The van der Waals surface area contributed by atoms with Crippen LogP contribution in [-0.2, 0) is 16.6 Å². The van der Waals surface area contributed by atoms with E-state index in [0.29, 0.717) is 24.1 Å². The molecule has 0 aliphatic carbocycles. The minimum absolute atomic E-state index is 0.395. The SMILES string of the molecule is CN=C(NCCC(C)c1ccc(OC)cc1)NCc1ccccc1NS(C)(=O)=O. The normalized spacial score (nSPS) is 12.9. The Kier molecular flexibility index (Phi) is 8.33. The van der Waals surface area contributed by atoms with E-state index in [1.165, 1.54) is 5.56 Å². The lowest BCUT2D eigenvalue weighted by molar-refractivity contribution is 0.414. The molecule has 158 valence electrons. The van der Waals surface area contributed by atoms with Crippen LogP contribution in [0, 0.1) is 0 Å². The second-order valence-electron chi connectivity index (χ2n) is 6.85. The molecule has 0 aliphatic heterocycles. The number of benzene rings is 2. The quantitative estimate of drug-likeness (QED) is 0.430. The summed E-state index contributed by atoms with van der Waals surface area (Å²) in [7, 11) is 0.0446. The summed E-state index contributed by atoms with van der Waals surface area (Å²) >= 11 is 0. The number of rotatable bonds is 9. The molecule has 1 unspecified atom stereocenters. The first-order valence-corrected chi connectivity index (χ1v) is 11.4. The standard InChI is InChI=1S/C21H30N4O3S/c1-16(17-9-11-19(28-3)12-10-17)13-14-23-21(22-2)24-15-18-7-5-6-8-20(18)25-29(4,26)27/h5-12,16,25H,13-15H2,1-4H3,(H2,22,23,24). The highest BCUT2D eigenvalue weighted by Gasteiger charge is 2.09. The summed E-state index contributed by atoms with van der Waals surface area (Å²) in [5, 5.41) is 6.53. The Balaban J connectivity index is 1.85. The zero-order chi connectivity index (χ0) is 21.3. The van der Waals surface area contributed by atoms with Gasteiger partial charge in [0.2, 0.25) is 10.0 Å². The largest absolute Gasteiger partial charge is 0.497 e. The van der Waals surface area contributed by atoms with Crippen LogP contribution in [0.5, 0.6) is 5.75 Å². The Labute approximate surface area is 173 Å². The Bertz CT molecular complexity index is 912. The van der Waals surface area contributed by atoms with Crippen molar-refractivity contribution in [2.75, 3.05) is 31.7 Å². The van der Waals surface area contributed by atoms with Crippen molar-refractivity contribution in [1.29, 1.82) is 0 Å². The van der Waals surface area contributed by atoms with E-state index in [9.17, 15) is 8.42 Å². The molecule has 7 nitrogen and oxygen atoms in total. The number of para-hydroxylation sites is 1. The average molecular weight is 419 g/mol. The van der Waals surface area contributed by atoms with Crippen LogP contribution in [0.2, 0.25) is 0 Å². The van der Waals surface area contributed by atoms with Crippen LogP contribution >= 0.6 is 0 Å². The highest BCUT2D eigenvalue weighted by Crippen LogP contribution is 2.21. The molecule has 0 radical (unpaired) electrons. The third-order valence-corrected chi connectivity index (χ3v) is 5.13. The first kappa shape index (κ1) is 22.5. The van der Waals surface area contributed by atoms with Gasteiger partial charge in [-0.15, -0.1) is 0 Å². The lowest BCUT2D eigenvalue weighted by Gasteiger charge is -2.16. The maximum Gasteiger partial charge on any atom is 0.229 e. The van der Waals surface area contributed by atoms with E-state index in [0.717, 1.165) is 30.5 Å². The predicted molar refractivity (Wildman–Crippen MR) is 119 cm³/mol. The molecule has 0 saturated carbocycles. The fourth-order valence-corrected chi connectivity index (χ4v) is 3.48. The third-order valence-electron chi connectivity index (χ3n) is 4.54. The van der Waals surface area contributed by atoms with Crippen molar-refractivity contribution >= 4 is 21.7 Å². The van der Waals surface area contributed by atoms with E-state index in [-0.39, 0.29) is 0 Å². The number of hydrogen-bond donors (Lipinski definition) is 3. The number of sulfonamides is 1. The maximum absolute atomic E-state index is 11.5. The van der Waals surface area contributed by atoms with Gasteiger partial charge < -0.3 is 15.4 Å². The summed E-state index contributed by atoms with van der Waals surface area (Å²) in [5.74, 6) is 1.92. The van der Waals surface area contributed by atoms with Gasteiger partial charge in [-0.2, -0.15) is 0 Å². The highest BCUT2D eigenvalue weighted by atomic mass is 32.2.